The first-order valence-corrected chi connectivity index (χ1v) is 9.32. The molecule has 0 bridgehead atoms. The predicted molar refractivity (Wildman–Crippen MR) is 108 cm³/mol. The number of hydrogen-bond acceptors (Lipinski definition) is 3. The lowest BCUT2D eigenvalue weighted by atomic mass is 10.3. The van der Waals surface area contributed by atoms with Crippen molar-refractivity contribution in [2.45, 2.75) is 19.4 Å². The van der Waals surface area contributed by atoms with E-state index in [-0.39, 0.29) is 24.0 Å². The molecule has 1 rings (SSSR count). The Labute approximate surface area is 156 Å². The number of unbranched alkanes of at least 4 members (excludes halogenated alkanes) is 1. The Morgan fingerprint density at radius 3 is 2.75 bits per heavy atom. The van der Waals surface area contributed by atoms with Gasteiger partial charge in [0.25, 0.3) is 0 Å². The SMILES string of the molecule is CN=C(NCCCCSC)N(C)Cc1ccc(Br)s1.I. The zero-order valence-electron chi connectivity index (χ0n) is 12.2. The van der Waals surface area contributed by atoms with Crippen LogP contribution < -0.4 is 5.32 Å². The molecular weight excluding hydrogens is 469 g/mol. The highest BCUT2D eigenvalue weighted by Crippen LogP contribution is 2.22. The largest absolute Gasteiger partial charge is 0.356 e. The van der Waals surface area contributed by atoms with E-state index in [0.717, 1.165) is 19.0 Å². The van der Waals surface area contributed by atoms with E-state index < -0.39 is 0 Å². The maximum Gasteiger partial charge on any atom is 0.193 e. The average Bonchev–Trinajstić information content (AvgIpc) is 2.79. The van der Waals surface area contributed by atoms with Crippen molar-refractivity contribution in [2.75, 3.05) is 32.6 Å². The molecule has 0 atom stereocenters. The second-order valence-electron chi connectivity index (χ2n) is 4.24. The van der Waals surface area contributed by atoms with Crippen LogP contribution in [-0.4, -0.2) is 43.5 Å². The van der Waals surface area contributed by atoms with Crippen LogP contribution in [0.5, 0.6) is 0 Å². The predicted octanol–water partition coefficient (Wildman–Crippen LogP) is 4.28. The topological polar surface area (TPSA) is 27.6 Å². The molecule has 20 heavy (non-hydrogen) atoms. The van der Waals surface area contributed by atoms with Crippen LogP contribution >= 0.6 is 63.0 Å². The Hall–Kier alpha value is 0.530. The van der Waals surface area contributed by atoms with Gasteiger partial charge in [0.05, 0.1) is 10.3 Å². The van der Waals surface area contributed by atoms with Crippen LogP contribution in [-0.2, 0) is 6.54 Å². The molecule has 0 aliphatic rings. The van der Waals surface area contributed by atoms with E-state index in [4.69, 9.17) is 0 Å². The van der Waals surface area contributed by atoms with Crippen molar-refractivity contribution in [3.8, 4) is 0 Å². The normalized spacial score (nSPS) is 11.1. The average molecular weight is 492 g/mol. The molecule has 0 saturated heterocycles. The summed E-state index contributed by atoms with van der Waals surface area (Å²) >= 11 is 7.17. The molecule has 0 aliphatic heterocycles. The number of thiophene rings is 1. The summed E-state index contributed by atoms with van der Waals surface area (Å²) in [6.45, 7) is 1.88. The first-order valence-electron chi connectivity index (χ1n) is 6.32. The van der Waals surface area contributed by atoms with Gasteiger partial charge in [-0.15, -0.1) is 35.3 Å². The first kappa shape index (κ1) is 20.5. The van der Waals surface area contributed by atoms with Crippen molar-refractivity contribution in [3.05, 3.63) is 20.8 Å². The number of guanidine groups is 1. The molecule has 0 spiro atoms. The molecule has 0 unspecified atom stereocenters. The molecule has 0 aliphatic carbocycles. The van der Waals surface area contributed by atoms with E-state index in [1.807, 2.05) is 18.8 Å². The van der Waals surface area contributed by atoms with Gasteiger partial charge < -0.3 is 10.2 Å². The maximum absolute atomic E-state index is 4.33. The Morgan fingerprint density at radius 1 is 1.45 bits per heavy atom. The number of hydrogen-bond donors (Lipinski definition) is 1. The fourth-order valence-corrected chi connectivity index (χ4v) is 3.73. The fraction of sp³-hybridized carbons (Fsp3) is 0.615. The summed E-state index contributed by atoms with van der Waals surface area (Å²) in [7, 11) is 3.91. The molecule has 1 N–H and O–H groups in total. The Morgan fingerprint density at radius 2 is 2.20 bits per heavy atom. The first-order chi connectivity index (χ1) is 9.17. The van der Waals surface area contributed by atoms with Gasteiger partial charge in [-0.25, -0.2) is 0 Å². The minimum Gasteiger partial charge on any atom is -0.356 e. The molecule has 0 radical (unpaired) electrons. The van der Waals surface area contributed by atoms with Gasteiger partial charge in [-0.05, 0) is 52.9 Å². The van der Waals surface area contributed by atoms with Crippen LogP contribution in [0.3, 0.4) is 0 Å². The van der Waals surface area contributed by atoms with Crippen molar-refractivity contribution >= 4 is 69.0 Å². The summed E-state index contributed by atoms with van der Waals surface area (Å²) in [4.78, 5) is 7.82. The number of halogens is 2. The lowest BCUT2D eigenvalue weighted by Crippen LogP contribution is -2.38. The molecule has 3 nitrogen and oxygen atoms in total. The summed E-state index contributed by atoms with van der Waals surface area (Å²) in [6, 6.07) is 4.24. The molecule has 1 heterocycles. The van der Waals surface area contributed by atoms with Crippen LogP contribution in [0.1, 0.15) is 17.7 Å². The van der Waals surface area contributed by atoms with Crippen molar-refractivity contribution < 1.29 is 0 Å². The molecule has 0 aromatic carbocycles. The van der Waals surface area contributed by atoms with Crippen LogP contribution in [0.4, 0.5) is 0 Å². The molecule has 7 heteroatoms. The van der Waals surface area contributed by atoms with Gasteiger partial charge in [0.2, 0.25) is 0 Å². The third kappa shape index (κ3) is 8.09. The molecule has 0 fully saturated rings. The standard InChI is InChI=1S/C13H22BrN3S2.HI/c1-15-13(16-8-4-5-9-18-3)17(2)10-11-6-7-12(14)19-11;/h6-7H,4-5,8-10H2,1-3H3,(H,15,16);1H. The van der Waals surface area contributed by atoms with Crippen LogP contribution in [0.2, 0.25) is 0 Å². The number of thioether (sulfide) groups is 1. The zero-order valence-corrected chi connectivity index (χ0v) is 17.7. The van der Waals surface area contributed by atoms with Gasteiger partial charge in [-0.2, -0.15) is 11.8 Å². The van der Waals surface area contributed by atoms with Gasteiger partial charge in [0, 0.05) is 25.5 Å². The lowest BCUT2D eigenvalue weighted by molar-refractivity contribution is 0.480. The van der Waals surface area contributed by atoms with E-state index in [9.17, 15) is 0 Å². The van der Waals surface area contributed by atoms with Gasteiger partial charge >= 0.3 is 0 Å². The Kier molecular flexibility index (Phi) is 12.4. The van der Waals surface area contributed by atoms with Crippen LogP contribution in [0, 0.1) is 0 Å². The highest BCUT2D eigenvalue weighted by Gasteiger charge is 2.07. The van der Waals surface area contributed by atoms with Crippen molar-refractivity contribution in [1.29, 1.82) is 0 Å². The van der Waals surface area contributed by atoms with Gasteiger partial charge in [0.15, 0.2) is 5.96 Å². The lowest BCUT2D eigenvalue weighted by Gasteiger charge is -2.21. The number of nitrogens with one attached hydrogen (secondary N) is 1. The summed E-state index contributed by atoms with van der Waals surface area (Å²) in [5, 5.41) is 3.41. The maximum atomic E-state index is 4.33. The number of aliphatic imine (C=N–C) groups is 1. The van der Waals surface area contributed by atoms with Gasteiger partial charge in [-0.3, -0.25) is 4.99 Å². The zero-order chi connectivity index (χ0) is 14.1. The van der Waals surface area contributed by atoms with Crippen LogP contribution in [0.15, 0.2) is 20.9 Å². The van der Waals surface area contributed by atoms with Crippen molar-refractivity contribution in [2.24, 2.45) is 4.99 Å². The van der Waals surface area contributed by atoms with E-state index in [1.165, 1.54) is 27.3 Å². The minimum absolute atomic E-state index is 0. The number of nitrogens with zero attached hydrogens (tertiary/aromatic N) is 2. The second-order valence-corrected chi connectivity index (χ2v) is 7.77. The van der Waals surface area contributed by atoms with Gasteiger partial charge in [0.1, 0.15) is 0 Å². The molecule has 0 amide bonds. The summed E-state index contributed by atoms with van der Waals surface area (Å²) in [6.07, 6.45) is 4.60. The monoisotopic (exact) mass is 491 g/mol. The molecule has 0 saturated carbocycles. The van der Waals surface area contributed by atoms with Crippen molar-refractivity contribution in [1.82, 2.24) is 10.2 Å². The van der Waals surface area contributed by atoms with Gasteiger partial charge in [-0.1, -0.05) is 0 Å². The smallest absolute Gasteiger partial charge is 0.193 e. The minimum atomic E-state index is 0. The van der Waals surface area contributed by atoms with E-state index in [2.05, 4.69) is 56.6 Å². The molecule has 116 valence electrons. The Bertz CT molecular complexity index is 399. The van der Waals surface area contributed by atoms with E-state index in [0.29, 0.717) is 0 Å². The summed E-state index contributed by atoms with van der Waals surface area (Å²) in [5.74, 6) is 2.20. The highest BCUT2D eigenvalue weighted by molar-refractivity contribution is 14.0. The molecule has 1 aromatic heterocycles. The number of rotatable bonds is 7. The molecular formula is C13H23BrIN3S2. The molecule has 1 aromatic rings. The summed E-state index contributed by atoms with van der Waals surface area (Å²) < 4.78 is 1.18. The third-order valence-corrected chi connectivity index (χ3v) is 4.96. The second kappa shape index (κ2) is 12.1. The third-order valence-electron chi connectivity index (χ3n) is 2.65. The van der Waals surface area contributed by atoms with E-state index >= 15 is 0 Å². The van der Waals surface area contributed by atoms with E-state index in [1.54, 1.807) is 11.3 Å². The quantitative estimate of drug-likeness (QED) is 0.267. The Balaban J connectivity index is 0.00000361. The fourth-order valence-electron chi connectivity index (χ4n) is 1.70. The highest BCUT2D eigenvalue weighted by atomic mass is 127. The summed E-state index contributed by atoms with van der Waals surface area (Å²) in [5.41, 5.74) is 0. The van der Waals surface area contributed by atoms with Crippen LogP contribution in [0.25, 0.3) is 0 Å². The van der Waals surface area contributed by atoms with Crippen molar-refractivity contribution in [3.63, 3.8) is 0 Å².